The van der Waals surface area contributed by atoms with E-state index in [2.05, 4.69) is 6.92 Å². The highest BCUT2D eigenvalue weighted by molar-refractivity contribution is 5.44. The molecule has 1 heterocycles. The number of benzene rings is 2. The standard InChI is InChI=1S/C17H19NO3/c1-2-14(18)13-5-3-4-6-15(13)19-10-12-7-8-16-17(9-12)21-11-20-16/h3-9,14H,2,10-11,18H2,1H3/t14-/m1/s1. The molecule has 4 nitrogen and oxygen atoms in total. The molecule has 0 spiro atoms. The first kappa shape index (κ1) is 13.8. The topological polar surface area (TPSA) is 53.7 Å². The third kappa shape index (κ3) is 2.95. The van der Waals surface area contributed by atoms with Crippen molar-refractivity contribution in [2.75, 3.05) is 6.79 Å². The third-order valence-electron chi connectivity index (χ3n) is 3.59. The molecule has 0 saturated carbocycles. The first-order valence-electron chi connectivity index (χ1n) is 7.13. The highest BCUT2D eigenvalue weighted by Gasteiger charge is 2.14. The van der Waals surface area contributed by atoms with Crippen molar-refractivity contribution in [2.45, 2.75) is 26.0 Å². The van der Waals surface area contributed by atoms with E-state index in [0.29, 0.717) is 6.61 Å². The Morgan fingerprint density at radius 2 is 1.95 bits per heavy atom. The number of para-hydroxylation sites is 1. The summed E-state index contributed by atoms with van der Waals surface area (Å²) in [4.78, 5) is 0. The number of fused-ring (bicyclic) bond motifs is 1. The van der Waals surface area contributed by atoms with Gasteiger partial charge in [-0.05, 0) is 30.2 Å². The summed E-state index contributed by atoms with van der Waals surface area (Å²) >= 11 is 0. The van der Waals surface area contributed by atoms with Crippen molar-refractivity contribution in [3.63, 3.8) is 0 Å². The van der Waals surface area contributed by atoms with Gasteiger partial charge in [-0.15, -0.1) is 0 Å². The van der Waals surface area contributed by atoms with Crippen LogP contribution in [0.25, 0.3) is 0 Å². The van der Waals surface area contributed by atoms with Crippen LogP contribution in [0.3, 0.4) is 0 Å². The van der Waals surface area contributed by atoms with Gasteiger partial charge in [0.15, 0.2) is 11.5 Å². The first-order valence-corrected chi connectivity index (χ1v) is 7.13. The highest BCUT2D eigenvalue weighted by atomic mass is 16.7. The van der Waals surface area contributed by atoms with Crippen molar-refractivity contribution in [3.8, 4) is 17.2 Å². The summed E-state index contributed by atoms with van der Waals surface area (Å²) in [6.45, 7) is 2.83. The fourth-order valence-corrected chi connectivity index (χ4v) is 2.33. The summed E-state index contributed by atoms with van der Waals surface area (Å²) in [5.41, 5.74) is 8.20. The average Bonchev–Trinajstić information content (AvgIpc) is 3.00. The van der Waals surface area contributed by atoms with Gasteiger partial charge in [0, 0.05) is 11.6 Å². The molecule has 2 aromatic carbocycles. The molecule has 21 heavy (non-hydrogen) atoms. The second-order valence-electron chi connectivity index (χ2n) is 5.03. The smallest absolute Gasteiger partial charge is 0.231 e. The van der Waals surface area contributed by atoms with E-state index in [0.717, 1.165) is 34.8 Å². The van der Waals surface area contributed by atoms with Gasteiger partial charge < -0.3 is 19.9 Å². The average molecular weight is 285 g/mol. The van der Waals surface area contributed by atoms with Gasteiger partial charge in [0.1, 0.15) is 12.4 Å². The van der Waals surface area contributed by atoms with E-state index in [1.807, 2.05) is 42.5 Å². The minimum absolute atomic E-state index is 0.00189. The van der Waals surface area contributed by atoms with Crippen molar-refractivity contribution >= 4 is 0 Å². The van der Waals surface area contributed by atoms with E-state index in [9.17, 15) is 0 Å². The van der Waals surface area contributed by atoms with E-state index >= 15 is 0 Å². The molecule has 0 fully saturated rings. The molecule has 0 bridgehead atoms. The van der Waals surface area contributed by atoms with Crippen molar-refractivity contribution in [1.29, 1.82) is 0 Å². The van der Waals surface area contributed by atoms with Gasteiger partial charge in [0.05, 0.1) is 0 Å². The molecule has 0 aliphatic carbocycles. The van der Waals surface area contributed by atoms with Crippen molar-refractivity contribution in [3.05, 3.63) is 53.6 Å². The van der Waals surface area contributed by atoms with Crippen LogP contribution in [0.2, 0.25) is 0 Å². The number of ether oxygens (including phenoxy) is 3. The fraction of sp³-hybridized carbons (Fsp3) is 0.294. The molecule has 1 aliphatic heterocycles. The lowest BCUT2D eigenvalue weighted by Gasteiger charge is -2.15. The molecule has 0 saturated heterocycles. The van der Waals surface area contributed by atoms with E-state index < -0.39 is 0 Å². The molecule has 3 rings (SSSR count). The number of rotatable bonds is 5. The number of hydrogen-bond donors (Lipinski definition) is 1. The molecule has 2 N–H and O–H groups in total. The molecular weight excluding hydrogens is 266 g/mol. The summed E-state index contributed by atoms with van der Waals surface area (Å²) in [5, 5.41) is 0. The fourth-order valence-electron chi connectivity index (χ4n) is 2.33. The first-order chi connectivity index (χ1) is 10.3. The molecule has 0 aromatic heterocycles. The molecule has 4 heteroatoms. The molecule has 1 atom stereocenters. The van der Waals surface area contributed by atoms with Crippen LogP contribution in [0.5, 0.6) is 17.2 Å². The second-order valence-corrected chi connectivity index (χ2v) is 5.03. The monoisotopic (exact) mass is 285 g/mol. The van der Waals surface area contributed by atoms with Gasteiger partial charge in [0.25, 0.3) is 0 Å². The Balaban J connectivity index is 1.73. The SMILES string of the molecule is CC[C@@H](N)c1ccccc1OCc1ccc2c(c1)OCO2. The quantitative estimate of drug-likeness (QED) is 0.914. The number of hydrogen-bond acceptors (Lipinski definition) is 4. The summed E-state index contributed by atoms with van der Waals surface area (Å²) in [7, 11) is 0. The van der Waals surface area contributed by atoms with Gasteiger partial charge >= 0.3 is 0 Å². The molecule has 110 valence electrons. The van der Waals surface area contributed by atoms with E-state index in [4.69, 9.17) is 19.9 Å². The van der Waals surface area contributed by atoms with E-state index in [1.54, 1.807) is 0 Å². The van der Waals surface area contributed by atoms with Crippen molar-refractivity contribution < 1.29 is 14.2 Å². The van der Waals surface area contributed by atoms with Gasteiger partial charge in [-0.3, -0.25) is 0 Å². The normalized spacial score (nSPS) is 14.0. The highest BCUT2D eigenvalue weighted by Crippen LogP contribution is 2.33. The third-order valence-corrected chi connectivity index (χ3v) is 3.59. The molecule has 1 aliphatic rings. The minimum atomic E-state index is -0.00189. The van der Waals surface area contributed by atoms with Crippen LogP contribution in [0, 0.1) is 0 Å². The van der Waals surface area contributed by atoms with Crippen LogP contribution in [-0.2, 0) is 6.61 Å². The zero-order chi connectivity index (χ0) is 14.7. The largest absolute Gasteiger partial charge is 0.489 e. The van der Waals surface area contributed by atoms with Crippen LogP contribution in [-0.4, -0.2) is 6.79 Å². The lowest BCUT2D eigenvalue weighted by Crippen LogP contribution is -2.10. The Hall–Kier alpha value is -2.20. The van der Waals surface area contributed by atoms with Gasteiger partial charge in [-0.25, -0.2) is 0 Å². The Morgan fingerprint density at radius 3 is 2.81 bits per heavy atom. The lowest BCUT2D eigenvalue weighted by molar-refractivity contribution is 0.174. The maximum atomic E-state index is 6.12. The van der Waals surface area contributed by atoms with Gasteiger partial charge in [-0.1, -0.05) is 31.2 Å². The zero-order valence-electron chi connectivity index (χ0n) is 12.0. The Bertz CT molecular complexity index is 627. The van der Waals surface area contributed by atoms with Gasteiger partial charge in [0.2, 0.25) is 6.79 Å². The summed E-state index contributed by atoms with van der Waals surface area (Å²) in [6, 6.07) is 13.8. The van der Waals surface area contributed by atoms with Crippen molar-refractivity contribution in [1.82, 2.24) is 0 Å². The Labute approximate surface area is 124 Å². The molecule has 0 amide bonds. The van der Waals surface area contributed by atoms with Crippen LogP contribution in [0.1, 0.15) is 30.5 Å². The predicted molar refractivity (Wildman–Crippen MR) is 80.6 cm³/mol. The van der Waals surface area contributed by atoms with E-state index in [1.165, 1.54) is 0 Å². The molecule has 2 aromatic rings. The minimum Gasteiger partial charge on any atom is -0.489 e. The predicted octanol–water partition coefficient (Wildman–Crippen LogP) is 3.40. The van der Waals surface area contributed by atoms with Gasteiger partial charge in [-0.2, -0.15) is 0 Å². The Morgan fingerprint density at radius 1 is 1.14 bits per heavy atom. The lowest BCUT2D eigenvalue weighted by atomic mass is 10.0. The Kier molecular flexibility index (Phi) is 3.97. The summed E-state index contributed by atoms with van der Waals surface area (Å²) in [5.74, 6) is 2.39. The van der Waals surface area contributed by atoms with Crippen LogP contribution in [0.15, 0.2) is 42.5 Å². The van der Waals surface area contributed by atoms with Crippen LogP contribution < -0.4 is 19.9 Å². The number of nitrogens with two attached hydrogens (primary N) is 1. The van der Waals surface area contributed by atoms with Crippen molar-refractivity contribution in [2.24, 2.45) is 5.73 Å². The maximum Gasteiger partial charge on any atom is 0.231 e. The maximum absolute atomic E-state index is 6.12. The molecule has 0 unspecified atom stereocenters. The van der Waals surface area contributed by atoms with E-state index in [-0.39, 0.29) is 12.8 Å². The van der Waals surface area contributed by atoms with Crippen LogP contribution >= 0.6 is 0 Å². The zero-order valence-corrected chi connectivity index (χ0v) is 12.0. The summed E-state index contributed by atoms with van der Waals surface area (Å²) in [6.07, 6.45) is 0.879. The second kappa shape index (κ2) is 6.06. The summed E-state index contributed by atoms with van der Waals surface area (Å²) < 4.78 is 16.6. The van der Waals surface area contributed by atoms with Crippen LogP contribution in [0.4, 0.5) is 0 Å². The molecule has 0 radical (unpaired) electrons. The molecular formula is C17H19NO3.